The number of fused-ring (bicyclic) bond motifs is 1. The third-order valence-electron chi connectivity index (χ3n) is 5.17. The van der Waals surface area contributed by atoms with Crippen LogP contribution in [0.1, 0.15) is 38.5 Å². The average molecular weight is 406 g/mol. The van der Waals surface area contributed by atoms with E-state index in [2.05, 4.69) is 5.10 Å². The lowest BCUT2D eigenvalue weighted by atomic mass is 10.1. The molecule has 3 aromatic rings. The van der Waals surface area contributed by atoms with Gasteiger partial charge in [-0.3, -0.25) is 4.79 Å². The first-order valence-corrected chi connectivity index (χ1v) is 9.71. The number of aromatic nitrogens is 2. The van der Waals surface area contributed by atoms with Crippen molar-refractivity contribution in [3.05, 3.63) is 71.0 Å². The Morgan fingerprint density at radius 2 is 1.83 bits per heavy atom. The summed E-state index contributed by atoms with van der Waals surface area (Å²) in [5.41, 5.74) is 3.39. The van der Waals surface area contributed by atoms with E-state index < -0.39 is 12.6 Å². The summed E-state index contributed by atoms with van der Waals surface area (Å²) in [5.74, 6) is -0.0627. The summed E-state index contributed by atoms with van der Waals surface area (Å²) in [6.45, 7) is -0.407. The predicted octanol–water partition coefficient (Wildman–Crippen LogP) is 3.42. The van der Waals surface area contributed by atoms with E-state index in [1.807, 2.05) is 30.3 Å². The molecule has 7 nitrogen and oxygen atoms in total. The zero-order chi connectivity index (χ0) is 21.1. The maximum absolute atomic E-state index is 12.8. The van der Waals surface area contributed by atoms with Gasteiger partial charge in [-0.2, -0.15) is 5.10 Å². The van der Waals surface area contributed by atoms with Crippen LogP contribution >= 0.6 is 0 Å². The van der Waals surface area contributed by atoms with Gasteiger partial charge in [0, 0.05) is 11.3 Å². The van der Waals surface area contributed by atoms with Crippen molar-refractivity contribution in [3.8, 4) is 17.2 Å². The van der Waals surface area contributed by atoms with Crippen LogP contribution in [0, 0.1) is 0 Å². The summed E-state index contributed by atoms with van der Waals surface area (Å²) < 4.78 is 17.5. The number of ketones is 1. The van der Waals surface area contributed by atoms with Gasteiger partial charge in [0.25, 0.3) is 0 Å². The molecule has 1 aliphatic rings. The molecule has 1 heterocycles. The number of esters is 1. The maximum atomic E-state index is 12.8. The van der Waals surface area contributed by atoms with Gasteiger partial charge in [0.15, 0.2) is 12.3 Å². The lowest BCUT2D eigenvalue weighted by Crippen LogP contribution is -2.16. The van der Waals surface area contributed by atoms with Crippen LogP contribution in [0.4, 0.5) is 0 Å². The number of methoxy groups -OCH3 is 2. The van der Waals surface area contributed by atoms with E-state index in [0.29, 0.717) is 17.1 Å². The molecule has 0 radical (unpaired) electrons. The molecule has 0 fully saturated rings. The number of ether oxygens (including phenoxy) is 3. The Kier molecular flexibility index (Phi) is 5.52. The summed E-state index contributed by atoms with van der Waals surface area (Å²) in [6.07, 6.45) is 2.58. The van der Waals surface area contributed by atoms with Gasteiger partial charge in [0.2, 0.25) is 5.78 Å². The van der Waals surface area contributed by atoms with Crippen LogP contribution in [0.3, 0.4) is 0 Å². The van der Waals surface area contributed by atoms with Gasteiger partial charge >= 0.3 is 5.97 Å². The topological polar surface area (TPSA) is 79.7 Å². The molecule has 7 heteroatoms. The van der Waals surface area contributed by atoms with Crippen LogP contribution in [0.5, 0.6) is 11.5 Å². The van der Waals surface area contributed by atoms with Gasteiger partial charge in [-0.1, -0.05) is 18.2 Å². The molecular weight excluding hydrogens is 384 g/mol. The Morgan fingerprint density at radius 1 is 1.03 bits per heavy atom. The number of hydrogen-bond acceptors (Lipinski definition) is 6. The first kappa shape index (κ1) is 19.7. The van der Waals surface area contributed by atoms with Crippen molar-refractivity contribution in [1.82, 2.24) is 9.78 Å². The van der Waals surface area contributed by atoms with Crippen LogP contribution in [0.15, 0.2) is 48.5 Å². The van der Waals surface area contributed by atoms with E-state index >= 15 is 0 Å². The lowest BCUT2D eigenvalue weighted by Gasteiger charge is -2.10. The molecule has 0 atom stereocenters. The van der Waals surface area contributed by atoms with Gasteiger partial charge in [0.1, 0.15) is 11.5 Å². The van der Waals surface area contributed by atoms with Crippen LogP contribution in [-0.2, 0) is 17.6 Å². The number of hydrogen-bond donors (Lipinski definition) is 0. The zero-order valence-corrected chi connectivity index (χ0v) is 16.9. The average Bonchev–Trinajstić information content (AvgIpc) is 3.40. The van der Waals surface area contributed by atoms with E-state index in [0.717, 1.165) is 36.2 Å². The van der Waals surface area contributed by atoms with Crippen molar-refractivity contribution >= 4 is 11.8 Å². The van der Waals surface area contributed by atoms with Crippen LogP contribution < -0.4 is 9.47 Å². The number of para-hydroxylation sites is 1. The van der Waals surface area contributed by atoms with Gasteiger partial charge in [-0.05, 0) is 49.6 Å². The van der Waals surface area contributed by atoms with Gasteiger partial charge < -0.3 is 14.2 Å². The molecule has 0 N–H and O–H groups in total. The molecule has 0 amide bonds. The van der Waals surface area contributed by atoms with Crippen molar-refractivity contribution in [3.63, 3.8) is 0 Å². The summed E-state index contributed by atoms with van der Waals surface area (Å²) >= 11 is 0. The summed E-state index contributed by atoms with van der Waals surface area (Å²) in [4.78, 5) is 25.4. The van der Waals surface area contributed by atoms with Gasteiger partial charge in [-0.25, -0.2) is 9.48 Å². The SMILES string of the molecule is COc1ccc(OC)c(C(=O)COC(=O)c2nn(-c3ccccc3)c3c2CCC3)c1. The normalized spacial score (nSPS) is 12.3. The van der Waals surface area contributed by atoms with Crippen molar-refractivity contribution in [2.75, 3.05) is 20.8 Å². The number of nitrogens with zero attached hydrogens (tertiary/aromatic N) is 2. The van der Waals surface area contributed by atoms with Crippen LogP contribution in [-0.4, -0.2) is 42.4 Å². The lowest BCUT2D eigenvalue weighted by molar-refractivity contribution is 0.0466. The Balaban J connectivity index is 1.54. The third kappa shape index (κ3) is 3.66. The van der Waals surface area contributed by atoms with E-state index in [9.17, 15) is 9.59 Å². The van der Waals surface area contributed by atoms with Crippen molar-refractivity contribution in [2.45, 2.75) is 19.3 Å². The molecule has 1 aliphatic carbocycles. The summed E-state index contributed by atoms with van der Waals surface area (Å²) in [7, 11) is 2.99. The summed E-state index contributed by atoms with van der Waals surface area (Å²) in [6, 6.07) is 14.6. The van der Waals surface area contributed by atoms with E-state index in [1.54, 1.807) is 22.9 Å². The van der Waals surface area contributed by atoms with Crippen LogP contribution in [0.25, 0.3) is 5.69 Å². The number of carbonyl (C=O) groups is 2. The molecular formula is C23H22N2O5. The Hall–Kier alpha value is -3.61. The largest absolute Gasteiger partial charge is 0.497 e. The first-order chi connectivity index (χ1) is 14.6. The van der Waals surface area contributed by atoms with Crippen LogP contribution in [0.2, 0.25) is 0 Å². The van der Waals surface area contributed by atoms with E-state index in [-0.39, 0.29) is 11.5 Å². The highest BCUT2D eigenvalue weighted by Gasteiger charge is 2.28. The second-order valence-corrected chi connectivity index (χ2v) is 6.94. The maximum Gasteiger partial charge on any atom is 0.359 e. The summed E-state index contributed by atoms with van der Waals surface area (Å²) in [5, 5.41) is 4.50. The zero-order valence-electron chi connectivity index (χ0n) is 16.9. The fraction of sp³-hybridized carbons (Fsp3) is 0.261. The Bertz CT molecular complexity index is 1090. The highest BCUT2D eigenvalue weighted by molar-refractivity contribution is 6.01. The van der Waals surface area contributed by atoms with Gasteiger partial charge in [-0.15, -0.1) is 0 Å². The number of Topliss-reactive ketones (excluding diaryl/α,β-unsaturated/α-hetero) is 1. The highest BCUT2D eigenvalue weighted by Crippen LogP contribution is 2.29. The number of rotatable bonds is 7. The molecule has 0 spiro atoms. The second-order valence-electron chi connectivity index (χ2n) is 6.94. The molecule has 0 aliphatic heterocycles. The molecule has 0 saturated carbocycles. The molecule has 4 rings (SSSR count). The molecule has 30 heavy (non-hydrogen) atoms. The highest BCUT2D eigenvalue weighted by atomic mass is 16.5. The quantitative estimate of drug-likeness (QED) is 0.442. The molecule has 2 aromatic carbocycles. The van der Waals surface area contributed by atoms with Crippen molar-refractivity contribution in [1.29, 1.82) is 0 Å². The molecule has 0 bridgehead atoms. The Labute approximate surface area is 174 Å². The smallest absolute Gasteiger partial charge is 0.359 e. The molecule has 154 valence electrons. The minimum atomic E-state index is -0.599. The van der Waals surface area contributed by atoms with E-state index in [1.165, 1.54) is 14.2 Å². The molecule has 1 aromatic heterocycles. The Morgan fingerprint density at radius 3 is 2.57 bits per heavy atom. The fourth-order valence-electron chi connectivity index (χ4n) is 3.69. The molecule has 0 saturated heterocycles. The fourth-order valence-corrected chi connectivity index (χ4v) is 3.69. The monoisotopic (exact) mass is 406 g/mol. The second kappa shape index (κ2) is 8.41. The third-order valence-corrected chi connectivity index (χ3v) is 5.17. The standard InChI is InChI=1S/C23H22N2O5/c1-28-16-11-12-21(29-2)18(13-16)20(26)14-30-23(27)22-17-9-6-10-19(17)25(24-22)15-7-4-3-5-8-15/h3-5,7-8,11-13H,6,9-10,14H2,1-2H3. The number of benzene rings is 2. The number of carbonyl (C=O) groups excluding carboxylic acids is 2. The predicted molar refractivity (Wildman–Crippen MR) is 110 cm³/mol. The molecule has 0 unspecified atom stereocenters. The van der Waals surface area contributed by atoms with Gasteiger partial charge in [0.05, 0.1) is 25.5 Å². The van der Waals surface area contributed by atoms with E-state index in [4.69, 9.17) is 14.2 Å². The first-order valence-electron chi connectivity index (χ1n) is 9.71. The van der Waals surface area contributed by atoms with Crippen molar-refractivity contribution < 1.29 is 23.8 Å². The minimum Gasteiger partial charge on any atom is -0.497 e. The van der Waals surface area contributed by atoms with Crippen molar-refractivity contribution in [2.24, 2.45) is 0 Å². The minimum absolute atomic E-state index is 0.275.